The first-order valence-corrected chi connectivity index (χ1v) is 8.23. The fourth-order valence-electron chi connectivity index (χ4n) is 1.82. The summed E-state index contributed by atoms with van der Waals surface area (Å²) in [7, 11) is 0. The molecule has 20 heavy (non-hydrogen) atoms. The number of carbonyl (C=O) groups excluding carboxylic acids is 1. The number of aryl methyl sites for hydroxylation is 1. The van der Waals surface area contributed by atoms with E-state index in [9.17, 15) is 4.79 Å². The van der Waals surface area contributed by atoms with Gasteiger partial charge in [-0.2, -0.15) is 0 Å². The number of halogens is 1. The van der Waals surface area contributed by atoms with Crippen molar-refractivity contribution >= 4 is 39.3 Å². The van der Waals surface area contributed by atoms with Crippen molar-refractivity contribution in [2.45, 2.75) is 18.2 Å². The molecule has 0 bridgehead atoms. The molecular weight excluding hydrogens is 334 g/mol. The summed E-state index contributed by atoms with van der Waals surface area (Å²) in [6, 6.07) is 15.9. The van der Waals surface area contributed by atoms with Gasteiger partial charge in [-0.25, -0.2) is 0 Å². The zero-order valence-electron chi connectivity index (χ0n) is 11.2. The zero-order chi connectivity index (χ0) is 14.4. The molecule has 0 atom stereocenters. The predicted octanol–water partition coefficient (Wildman–Crippen LogP) is 4.74. The minimum Gasteiger partial charge on any atom is -0.325 e. The maximum absolute atomic E-state index is 12.0. The van der Waals surface area contributed by atoms with Gasteiger partial charge in [0.25, 0.3) is 0 Å². The van der Waals surface area contributed by atoms with Gasteiger partial charge < -0.3 is 5.32 Å². The van der Waals surface area contributed by atoms with Gasteiger partial charge >= 0.3 is 0 Å². The number of para-hydroxylation sites is 1. The standard InChI is InChI=1S/C16H16BrNOS/c1-2-12-5-3-4-6-15(12)18-16(19)11-20-14-9-7-13(17)8-10-14/h3-10H,2,11H2,1H3,(H,18,19). The number of thioether (sulfide) groups is 1. The molecule has 1 amide bonds. The van der Waals surface area contributed by atoms with Crippen LogP contribution in [0.5, 0.6) is 0 Å². The second kappa shape index (κ2) is 7.50. The van der Waals surface area contributed by atoms with Crippen LogP contribution in [0.1, 0.15) is 12.5 Å². The lowest BCUT2D eigenvalue weighted by molar-refractivity contribution is -0.113. The van der Waals surface area contributed by atoms with Crippen molar-refractivity contribution in [3.8, 4) is 0 Å². The molecule has 2 aromatic carbocycles. The molecule has 0 unspecified atom stereocenters. The van der Waals surface area contributed by atoms with E-state index < -0.39 is 0 Å². The Hall–Kier alpha value is -1.26. The van der Waals surface area contributed by atoms with E-state index in [1.807, 2.05) is 48.5 Å². The largest absolute Gasteiger partial charge is 0.325 e. The summed E-state index contributed by atoms with van der Waals surface area (Å²) >= 11 is 4.93. The van der Waals surface area contributed by atoms with E-state index in [2.05, 4.69) is 28.2 Å². The number of anilines is 1. The van der Waals surface area contributed by atoms with Crippen LogP contribution in [-0.2, 0) is 11.2 Å². The Labute approximate surface area is 132 Å². The highest BCUT2D eigenvalue weighted by atomic mass is 79.9. The Morgan fingerprint density at radius 1 is 1.15 bits per heavy atom. The highest BCUT2D eigenvalue weighted by Crippen LogP contribution is 2.21. The molecule has 0 aliphatic heterocycles. The third-order valence-corrected chi connectivity index (χ3v) is 4.40. The maximum atomic E-state index is 12.0. The van der Waals surface area contributed by atoms with Crippen molar-refractivity contribution in [2.75, 3.05) is 11.1 Å². The fraction of sp³-hybridized carbons (Fsp3) is 0.188. The van der Waals surface area contributed by atoms with E-state index in [0.29, 0.717) is 5.75 Å². The average Bonchev–Trinajstić information content (AvgIpc) is 2.47. The van der Waals surface area contributed by atoms with Crippen LogP contribution in [0.15, 0.2) is 57.9 Å². The molecule has 104 valence electrons. The highest BCUT2D eigenvalue weighted by Gasteiger charge is 2.06. The van der Waals surface area contributed by atoms with Gasteiger partial charge in [-0.05, 0) is 42.3 Å². The molecular formula is C16H16BrNOS. The van der Waals surface area contributed by atoms with Crippen molar-refractivity contribution in [2.24, 2.45) is 0 Å². The molecule has 2 aromatic rings. The molecule has 0 spiro atoms. The first-order chi connectivity index (χ1) is 9.69. The lowest BCUT2D eigenvalue weighted by Crippen LogP contribution is -2.15. The number of rotatable bonds is 5. The van der Waals surface area contributed by atoms with Crippen LogP contribution < -0.4 is 5.32 Å². The van der Waals surface area contributed by atoms with Crippen molar-refractivity contribution in [1.82, 2.24) is 0 Å². The smallest absolute Gasteiger partial charge is 0.234 e. The van der Waals surface area contributed by atoms with E-state index >= 15 is 0 Å². The van der Waals surface area contributed by atoms with E-state index in [1.165, 1.54) is 11.8 Å². The molecule has 1 N–H and O–H groups in total. The number of hydrogen-bond donors (Lipinski definition) is 1. The fourth-order valence-corrected chi connectivity index (χ4v) is 2.78. The Bertz CT molecular complexity index is 583. The minimum atomic E-state index is 0.0267. The van der Waals surface area contributed by atoms with Gasteiger partial charge in [0.05, 0.1) is 5.75 Å². The molecule has 0 saturated heterocycles. The molecule has 2 nitrogen and oxygen atoms in total. The number of amides is 1. The molecule has 0 aliphatic carbocycles. The van der Waals surface area contributed by atoms with Crippen molar-refractivity contribution < 1.29 is 4.79 Å². The highest BCUT2D eigenvalue weighted by molar-refractivity contribution is 9.10. The monoisotopic (exact) mass is 349 g/mol. The van der Waals surface area contributed by atoms with Crippen LogP contribution in [-0.4, -0.2) is 11.7 Å². The van der Waals surface area contributed by atoms with Gasteiger partial charge in [0, 0.05) is 15.1 Å². The molecule has 0 aliphatic rings. The first-order valence-electron chi connectivity index (χ1n) is 6.45. The molecule has 0 aromatic heterocycles. The summed E-state index contributed by atoms with van der Waals surface area (Å²) in [5.74, 6) is 0.443. The maximum Gasteiger partial charge on any atom is 0.234 e. The van der Waals surface area contributed by atoms with E-state index in [0.717, 1.165) is 27.0 Å². The Morgan fingerprint density at radius 3 is 2.55 bits per heavy atom. The van der Waals surface area contributed by atoms with Crippen LogP contribution in [0.2, 0.25) is 0 Å². The first kappa shape index (κ1) is 15.1. The summed E-state index contributed by atoms with van der Waals surface area (Å²) < 4.78 is 1.04. The number of nitrogens with one attached hydrogen (secondary N) is 1. The van der Waals surface area contributed by atoms with Crippen molar-refractivity contribution in [1.29, 1.82) is 0 Å². The van der Waals surface area contributed by atoms with Gasteiger partial charge in [0.15, 0.2) is 0 Å². The van der Waals surface area contributed by atoms with Crippen molar-refractivity contribution in [3.63, 3.8) is 0 Å². The number of hydrogen-bond acceptors (Lipinski definition) is 2. The summed E-state index contributed by atoms with van der Waals surface area (Å²) in [6.07, 6.45) is 0.913. The van der Waals surface area contributed by atoms with Gasteiger partial charge in [-0.15, -0.1) is 11.8 Å². The van der Waals surface area contributed by atoms with Gasteiger partial charge in [0.1, 0.15) is 0 Å². The summed E-state index contributed by atoms with van der Waals surface area (Å²) in [5.41, 5.74) is 2.07. The molecule has 4 heteroatoms. The lowest BCUT2D eigenvalue weighted by Gasteiger charge is -2.09. The lowest BCUT2D eigenvalue weighted by atomic mass is 10.1. The van der Waals surface area contributed by atoms with E-state index in [-0.39, 0.29) is 5.91 Å². The second-order valence-electron chi connectivity index (χ2n) is 4.30. The Morgan fingerprint density at radius 2 is 1.85 bits per heavy atom. The van der Waals surface area contributed by atoms with E-state index in [4.69, 9.17) is 0 Å². The zero-order valence-corrected chi connectivity index (χ0v) is 13.6. The topological polar surface area (TPSA) is 29.1 Å². The van der Waals surface area contributed by atoms with Crippen LogP contribution in [0.4, 0.5) is 5.69 Å². The van der Waals surface area contributed by atoms with Crippen molar-refractivity contribution in [3.05, 3.63) is 58.6 Å². The number of benzene rings is 2. The third-order valence-electron chi connectivity index (χ3n) is 2.86. The van der Waals surface area contributed by atoms with Crippen LogP contribution in [0.3, 0.4) is 0 Å². The van der Waals surface area contributed by atoms with Gasteiger partial charge in [0.2, 0.25) is 5.91 Å². The summed E-state index contributed by atoms with van der Waals surface area (Å²) in [5, 5.41) is 2.97. The number of carbonyl (C=O) groups is 1. The molecule has 0 heterocycles. The molecule has 2 rings (SSSR count). The van der Waals surface area contributed by atoms with Crippen LogP contribution in [0, 0.1) is 0 Å². The molecule has 0 fully saturated rings. The Kier molecular flexibility index (Phi) is 5.68. The minimum absolute atomic E-state index is 0.0267. The normalized spacial score (nSPS) is 10.3. The average molecular weight is 350 g/mol. The SMILES string of the molecule is CCc1ccccc1NC(=O)CSc1ccc(Br)cc1. The van der Waals surface area contributed by atoms with E-state index in [1.54, 1.807) is 0 Å². The van der Waals surface area contributed by atoms with Gasteiger partial charge in [-0.1, -0.05) is 41.1 Å². The Balaban J connectivity index is 1.91. The second-order valence-corrected chi connectivity index (χ2v) is 6.27. The third kappa shape index (κ3) is 4.39. The summed E-state index contributed by atoms with van der Waals surface area (Å²) in [6.45, 7) is 2.08. The van der Waals surface area contributed by atoms with Crippen LogP contribution >= 0.6 is 27.7 Å². The molecule has 0 saturated carbocycles. The summed E-state index contributed by atoms with van der Waals surface area (Å²) in [4.78, 5) is 13.1. The van der Waals surface area contributed by atoms with Crippen LogP contribution in [0.25, 0.3) is 0 Å². The molecule has 0 radical (unpaired) electrons. The van der Waals surface area contributed by atoms with Gasteiger partial charge in [-0.3, -0.25) is 4.79 Å². The quantitative estimate of drug-likeness (QED) is 0.789. The predicted molar refractivity (Wildman–Crippen MR) is 89.3 cm³/mol.